The zero-order valence-electron chi connectivity index (χ0n) is 16.8. The summed E-state index contributed by atoms with van der Waals surface area (Å²) >= 11 is 0. The zero-order valence-corrected chi connectivity index (χ0v) is 16.8. The molecule has 0 spiro atoms. The van der Waals surface area contributed by atoms with E-state index in [1.54, 1.807) is 0 Å². The summed E-state index contributed by atoms with van der Waals surface area (Å²) in [4.78, 5) is 19.6. The first kappa shape index (κ1) is 18.3. The van der Waals surface area contributed by atoms with Crippen LogP contribution in [0.3, 0.4) is 0 Å². The molecule has 5 heterocycles. The number of nitrogens with one attached hydrogen (secondary N) is 4. The molecule has 2 aliphatic heterocycles. The summed E-state index contributed by atoms with van der Waals surface area (Å²) < 4.78 is 0. The second-order valence-corrected chi connectivity index (χ2v) is 7.94. The standard InChI is InChI=1S/C21H28N8/c1-22-15-6-10-29(13-15)21-25-9-5-18(28-21)17-12-26-20-16(4-8-24-20)19(17)27-14-3-2-7-23-11-14/h4-5,8-9,12,14-15,22-23H,2-3,6-7,10-11,13H2,1H3,(H2,24,26,27). The summed E-state index contributed by atoms with van der Waals surface area (Å²) in [6, 6.07) is 4.97. The van der Waals surface area contributed by atoms with Gasteiger partial charge in [-0.05, 0) is 45.0 Å². The van der Waals surface area contributed by atoms with Crippen molar-refractivity contribution < 1.29 is 0 Å². The first-order valence-electron chi connectivity index (χ1n) is 10.5. The van der Waals surface area contributed by atoms with Crippen LogP contribution >= 0.6 is 0 Å². The van der Waals surface area contributed by atoms with E-state index >= 15 is 0 Å². The first-order chi connectivity index (χ1) is 14.3. The third-order valence-corrected chi connectivity index (χ3v) is 6.03. The molecule has 2 fully saturated rings. The molecule has 0 aromatic carbocycles. The van der Waals surface area contributed by atoms with Gasteiger partial charge in [0.25, 0.3) is 0 Å². The molecule has 2 aliphatic rings. The zero-order chi connectivity index (χ0) is 19.6. The van der Waals surface area contributed by atoms with Crippen LogP contribution < -0.4 is 20.9 Å². The molecule has 0 radical (unpaired) electrons. The predicted molar refractivity (Wildman–Crippen MR) is 116 cm³/mol. The molecule has 8 nitrogen and oxygen atoms in total. The lowest BCUT2D eigenvalue weighted by atomic mass is 10.0. The first-order valence-corrected chi connectivity index (χ1v) is 10.5. The van der Waals surface area contributed by atoms with E-state index in [0.29, 0.717) is 12.1 Å². The maximum Gasteiger partial charge on any atom is 0.225 e. The lowest BCUT2D eigenvalue weighted by Crippen LogP contribution is -2.38. The van der Waals surface area contributed by atoms with Gasteiger partial charge in [-0.25, -0.2) is 15.0 Å². The van der Waals surface area contributed by atoms with Crippen molar-refractivity contribution in [1.29, 1.82) is 0 Å². The van der Waals surface area contributed by atoms with E-state index in [0.717, 1.165) is 72.9 Å². The Morgan fingerprint density at radius 1 is 1.17 bits per heavy atom. The molecule has 3 aromatic heterocycles. The number of anilines is 2. The normalized spacial score (nSPS) is 22.3. The predicted octanol–water partition coefficient (Wildman–Crippen LogP) is 1.98. The fourth-order valence-corrected chi connectivity index (χ4v) is 4.37. The van der Waals surface area contributed by atoms with Gasteiger partial charge in [0.2, 0.25) is 5.95 Å². The molecule has 3 aromatic rings. The quantitative estimate of drug-likeness (QED) is 0.527. The van der Waals surface area contributed by atoms with Crippen LogP contribution in [0.5, 0.6) is 0 Å². The van der Waals surface area contributed by atoms with E-state index in [2.05, 4.69) is 41.9 Å². The fraction of sp³-hybridized carbons (Fsp3) is 0.476. The lowest BCUT2D eigenvalue weighted by Gasteiger charge is -2.26. The highest BCUT2D eigenvalue weighted by Crippen LogP contribution is 2.34. The number of H-pyrrole nitrogens is 1. The van der Waals surface area contributed by atoms with Crippen molar-refractivity contribution in [3.05, 3.63) is 30.7 Å². The molecule has 29 heavy (non-hydrogen) atoms. The van der Waals surface area contributed by atoms with Gasteiger partial charge in [-0.1, -0.05) is 0 Å². The third-order valence-electron chi connectivity index (χ3n) is 6.03. The molecule has 0 saturated carbocycles. The van der Waals surface area contributed by atoms with Crippen molar-refractivity contribution >= 4 is 22.7 Å². The number of pyridine rings is 1. The maximum atomic E-state index is 4.92. The van der Waals surface area contributed by atoms with Crippen molar-refractivity contribution in [2.24, 2.45) is 0 Å². The Labute approximate surface area is 170 Å². The summed E-state index contributed by atoms with van der Waals surface area (Å²) in [7, 11) is 2.02. The van der Waals surface area contributed by atoms with Crippen molar-refractivity contribution in [2.45, 2.75) is 31.3 Å². The largest absolute Gasteiger partial charge is 0.380 e. The second kappa shape index (κ2) is 7.96. The SMILES string of the molecule is CNC1CCN(c2nccc(-c3cnc4[nH]ccc4c3NC3CCCNC3)n2)C1. The molecular weight excluding hydrogens is 364 g/mol. The molecule has 5 rings (SSSR count). The molecular formula is C21H28N8. The number of likely N-dealkylation sites (N-methyl/N-ethyl adjacent to an activating group) is 1. The minimum atomic E-state index is 0.402. The summed E-state index contributed by atoms with van der Waals surface area (Å²) in [5.41, 5.74) is 3.93. The van der Waals surface area contributed by atoms with Crippen LogP contribution in [0.2, 0.25) is 0 Å². The molecule has 152 valence electrons. The van der Waals surface area contributed by atoms with Crippen LogP contribution in [0.1, 0.15) is 19.3 Å². The number of fused-ring (bicyclic) bond motifs is 1. The summed E-state index contributed by atoms with van der Waals surface area (Å²) in [6.45, 7) is 3.98. The van der Waals surface area contributed by atoms with Gasteiger partial charge in [0, 0.05) is 61.3 Å². The number of hydrogen-bond acceptors (Lipinski definition) is 7. The monoisotopic (exact) mass is 392 g/mol. The molecule has 0 amide bonds. The number of hydrogen-bond donors (Lipinski definition) is 4. The molecule has 8 heteroatoms. The Hall–Kier alpha value is -2.71. The topological polar surface area (TPSA) is 93.8 Å². The second-order valence-electron chi connectivity index (χ2n) is 7.94. The number of nitrogens with zero attached hydrogens (tertiary/aromatic N) is 4. The third kappa shape index (κ3) is 3.65. The molecule has 2 saturated heterocycles. The van der Waals surface area contributed by atoms with Crippen LogP contribution in [-0.4, -0.2) is 65.2 Å². The van der Waals surface area contributed by atoms with Crippen LogP contribution in [0.25, 0.3) is 22.3 Å². The summed E-state index contributed by atoms with van der Waals surface area (Å²) in [5, 5.41) is 11.7. The number of rotatable bonds is 5. The van der Waals surface area contributed by atoms with E-state index in [1.807, 2.05) is 31.7 Å². The van der Waals surface area contributed by atoms with Gasteiger partial charge >= 0.3 is 0 Å². The minimum absolute atomic E-state index is 0.402. The Kier molecular flexibility index (Phi) is 5.03. The van der Waals surface area contributed by atoms with Gasteiger partial charge in [-0.3, -0.25) is 0 Å². The van der Waals surface area contributed by atoms with E-state index in [4.69, 9.17) is 4.98 Å². The van der Waals surface area contributed by atoms with Gasteiger partial charge in [0.1, 0.15) is 5.65 Å². The van der Waals surface area contributed by atoms with Gasteiger partial charge in [0.05, 0.1) is 11.4 Å². The van der Waals surface area contributed by atoms with Crippen LogP contribution in [-0.2, 0) is 0 Å². The van der Waals surface area contributed by atoms with Gasteiger partial charge in [0.15, 0.2) is 0 Å². The summed E-state index contributed by atoms with van der Waals surface area (Å²) in [5.74, 6) is 0.791. The Bertz CT molecular complexity index is 978. The fourth-order valence-electron chi connectivity index (χ4n) is 4.37. The highest BCUT2D eigenvalue weighted by Gasteiger charge is 2.24. The molecule has 2 atom stereocenters. The van der Waals surface area contributed by atoms with Crippen LogP contribution in [0, 0.1) is 0 Å². The molecule has 0 aliphatic carbocycles. The molecule has 4 N–H and O–H groups in total. The van der Waals surface area contributed by atoms with E-state index in [-0.39, 0.29) is 0 Å². The minimum Gasteiger partial charge on any atom is -0.380 e. The average Bonchev–Trinajstić information content (AvgIpc) is 3.44. The molecule has 0 bridgehead atoms. The Morgan fingerprint density at radius 3 is 2.97 bits per heavy atom. The van der Waals surface area contributed by atoms with Gasteiger partial charge in [-0.15, -0.1) is 0 Å². The van der Waals surface area contributed by atoms with Crippen LogP contribution in [0.4, 0.5) is 11.6 Å². The van der Waals surface area contributed by atoms with Crippen molar-refractivity contribution in [2.75, 3.05) is 43.4 Å². The highest BCUT2D eigenvalue weighted by atomic mass is 15.3. The van der Waals surface area contributed by atoms with Gasteiger partial charge in [-0.2, -0.15) is 0 Å². The number of piperidine rings is 1. The average molecular weight is 393 g/mol. The van der Waals surface area contributed by atoms with Crippen molar-refractivity contribution in [3.63, 3.8) is 0 Å². The smallest absolute Gasteiger partial charge is 0.225 e. The van der Waals surface area contributed by atoms with E-state index in [1.165, 1.54) is 6.42 Å². The van der Waals surface area contributed by atoms with Crippen LogP contribution in [0.15, 0.2) is 30.7 Å². The number of aromatic nitrogens is 4. The van der Waals surface area contributed by atoms with Crippen molar-refractivity contribution in [3.8, 4) is 11.3 Å². The van der Waals surface area contributed by atoms with Crippen molar-refractivity contribution in [1.82, 2.24) is 30.6 Å². The highest BCUT2D eigenvalue weighted by molar-refractivity contribution is 5.97. The molecule has 2 unspecified atom stereocenters. The van der Waals surface area contributed by atoms with E-state index < -0.39 is 0 Å². The van der Waals surface area contributed by atoms with E-state index in [9.17, 15) is 0 Å². The maximum absolute atomic E-state index is 4.92. The summed E-state index contributed by atoms with van der Waals surface area (Å²) in [6.07, 6.45) is 9.19. The Morgan fingerprint density at radius 2 is 2.14 bits per heavy atom. The lowest BCUT2D eigenvalue weighted by molar-refractivity contribution is 0.480. The van der Waals surface area contributed by atoms with Gasteiger partial charge < -0.3 is 25.8 Å². The Balaban J connectivity index is 1.51. The number of aromatic amines is 1.